The average molecular weight is 239 g/mol. The third-order valence-electron chi connectivity index (χ3n) is 1.95. The van der Waals surface area contributed by atoms with E-state index in [2.05, 4.69) is 9.97 Å². The summed E-state index contributed by atoms with van der Waals surface area (Å²) < 4.78 is 2.29. The van der Waals surface area contributed by atoms with Crippen LogP contribution in [0.5, 0.6) is 0 Å². The minimum atomic E-state index is -0.162. The van der Waals surface area contributed by atoms with E-state index in [0.29, 0.717) is 4.77 Å². The number of nitrogens with one attached hydrogen (secondary N) is 1. The predicted octanol–water partition coefficient (Wildman–Crippen LogP) is 1.61. The molecule has 0 radical (unpaired) electrons. The van der Waals surface area contributed by atoms with Crippen LogP contribution in [0, 0.1) is 4.77 Å². The first-order valence-corrected chi connectivity index (χ1v) is 5.72. The van der Waals surface area contributed by atoms with E-state index < -0.39 is 0 Å². The summed E-state index contributed by atoms with van der Waals surface area (Å²) in [5.41, 5.74) is -0.162. The second-order valence-corrected chi connectivity index (χ2v) is 4.35. The first-order chi connectivity index (χ1) is 7.25. The van der Waals surface area contributed by atoms with Gasteiger partial charge < -0.3 is 4.57 Å². The lowest BCUT2D eigenvalue weighted by Crippen LogP contribution is -2.12. The lowest BCUT2D eigenvalue weighted by Gasteiger charge is -2.03. The molecule has 0 aliphatic rings. The van der Waals surface area contributed by atoms with Crippen LogP contribution >= 0.6 is 23.6 Å². The monoisotopic (exact) mass is 239 g/mol. The Morgan fingerprint density at radius 2 is 2.47 bits per heavy atom. The summed E-state index contributed by atoms with van der Waals surface area (Å²) in [5, 5.41) is 3.02. The van der Waals surface area contributed by atoms with Crippen molar-refractivity contribution >= 4 is 23.6 Å². The highest BCUT2D eigenvalue weighted by molar-refractivity contribution is 7.71. The highest BCUT2D eigenvalue weighted by atomic mass is 32.1. The minimum absolute atomic E-state index is 0.162. The Bertz CT molecular complexity index is 541. The summed E-state index contributed by atoms with van der Waals surface area (Å²) in [7, 11) is 0. The van der Waals surface area contributed by atoms with Gasteiger partial charge in [0, 0.05) is 36.8 Å². The highest BCUT2D eigenvalue weighted by Gasteiger charge is 1.97. The smallest absolute Gasteiger partial charge is 0.251 e. The fourth-order valence-electron chi connectivity index (χ4n) is 1.21. The topological polar surface area (TPSA) is 50.7 Å². The van der Waals surface area contributed by atoms with E-state index >= 15 is 0 Å². The van der Waals surface area contributed by atoms with Crippen molar-refractivity contribution in [3.05, 3.63) is 44.0 Å². The Balaban J connectivity index is 2.12. The number of aromatic amines is 1. The maximum Gasteiger partial charge on any atom is 0.251 e. The molecule has 0 atom stereocenters. The molecule has 2 rings (SSSR count). The Kier molecular flexibility index (Phi) is 3.08. The van der Waals surface area contributed by atoms with Crippen LogP contribution in [0.2, 0.25) is 0 Å². The summed E-state index contributed by atoms with van der Waals surface area (Å²) in [6, 6.07) is 1.47. The van der Waals surface area contributed by atoms with Crippen LogP contribution in [0.4, 0.5) is 0 Å². The summed E-state index contributed by atoms with van der Waals surface area (Å²) >= 11 is 6.65. The van der Waals surface area contributed by atoms with Crippen molar-refractivity contribution in [2.45, 2.75) is 13.0 Å². The number of H-pyrrole nitrogens is 1. The molecule has 0 saturated heterocycles. The van der Waals surface area contributed by atoms with Crippen LogP contribution in [-0.2, 0) is 13.0 Å². The molecule has 2 aromatic rings. The van der Waals surface area contributed by atoms with Gasteiger partial charge in [0.2, 0.25) is 0 Å². The van der Waals surface area contributed by atoms with E-state index in [1.165, 1.54) is 6.07 Å². The van der Waals surface area contributed by atoms with Crippen LogP contribution < -0.4 is 5.56 Å². The van der Waals surface area contributed by atoms with Gasteiger partial charge in [-0.3, -0.25) is 9.78 Å². The highest BCUT2D eigenvalue weighted by Crippen LogP contribution is 2.05. The van der Waals surface area contributed by atoms with Crippen molar-refractivity contribution in [3.8, 4) is 0 Å². The van der Waals surface area contributed by atoms with E-state index in [9.17, 15) is 4.79 Å². The number of hydrogen-bond donors (Lipinski definition) is 1. The number of thiazole rings is 1. The van der Waals surface area contributed by atoms with Gasteiger partial charge in [0.15, 0.2) is 4.77 Å². The molecule has 6 heteroatoms. The van der Waals surface area contributed by atoms with Crippen molar-refractivity contribution in [2.75, 3.05) is 0 Å². The fraction of sp³-hybridized carbons (Fsp3) is 0.222. The lowest BCUT2D eigenvalue weighted by molar-refractivity contribution is 0.660. The molecule has 1 N–H and O–H groups in total. The molecule has 0 spiro atoms. The molecule has 0 aromatic carbocycles. The van der Waals surface area contributed by atoms with Crippen molar-refractivity contribution < 1.29 is 0 Å². The van der Waals surface area contributed by atoms with Gasteiger partial charge in [-0.15, -0.1) is 11.3 Å². The summed E-state index contributed by atoms with van der Waals surface area (Å²) in [4.78, 5) is 17.7. The number of aromatic nitrogens is 3. The molecular weight excluding hydrogens is 230 g/mol. The van der Waals surface area contributed by atoms with Gasteiger partial charge in [-0.2, -0.15) is 0 Å². The second kappa shape index (κ2) is 4.50. The van der Waals surface area contributed by atoms with Gasteiger partial charge in [-0.25, -0.2) is 4.98 Å². The van der Waals surface area contributed by atoms with Crippen LogP contribution in [0.1, 0.15) is 5.01 Å². The van der Waals surface area contributed by atoms with E-state index in [1.807, 2.05) is 9.95 Å². The lowest BCUT2D eigenvalue weighted by atomic mass is 10.4. The van der Waals surface area contributed by atoms with Gasteiger partial charge in [-0.1, -0.05) is 0 Å². The standard InChI is InChI=1S/C9H9N3OS2/c13-7-1-4-12(9(14)11-7)5-2-8-10-3-6-15-8/h1,3-4,6H,2,5H2,(H,11,13,14). The van der Waals surface area contributed by atoms with E-state index in [1.54, 1.807) is 23.7 Å². The molecule has 2 heterocycles. The second-order valence-electron chi connectivity index (χ2n) is 2.98. The fourth-order valence-corrected chi connectivity index (χ4v) is 2.08. The molecule has 78 valence electrons. The van der Waals surface area contributed by atoms with Crippen LogP contribution in [0.25, 0.3) is 0 Å². The van der Waals surface area contributed by atoms with Gasteiger partial charge in [0.25, 0.3) is 5.56 Å². The van der Waals surface area contributed by atoms with Gasteiger partial charge in [0.1, 0.15) is 0 Å². The third-order valence-corrected chi connectivity index (χ3v) is 3.12. The molecule has 4 nitrogen and oxygen atoms in total. The normalized spacial score (nSPS) is 10.4. The van der Waals surface area contributed by atoms with Crippen molar-refractivity contribution in [1.29, 1.82) is 0 Å². The molecule has 0 bridgehead atoms. The summed E-state index contributed by atoms with van der Waals surface area (Å²) in [5.74, 6) is 0. The molecule has 2 aromatic heterocycles. The first-order valence-electron chi connectivity index (χ1n) is 4.44. The predicted molar refractivity (Wildman–Crippen MR) is 61.7 cm³/mol. The van der Waals surface area contributed by atoms with E-state index in [4.69, 9.17) is 12.2 Å². The molecule has 0 aliphatic heterocycles. The molecule has 0 unspecified atom stereocenters. The zero-order valence-corrected chi connectivity index (χ0v) is 9.48. The van der Waals surface area contributed by atoms with Gasteiger partial charge >= 0.3 is 0 Å². The van der Waals surface area contributed by atoms with Gasteiger partial charge in [-0.05, 0) is 12.2 Å². The van der Waals surface area contributed by atoms with E-state index in [0.717, 1.165) is 18.0 Å². The summed E-state index contributed by atoms with van der Waals surface area (Å²) in [6.45, 7) is 0.739. The van der Waals surface area contributed by atoms with Crippen LogP contribution in [0.15, 0.2) is 28.6 Å². The van der Waals surface area contributed by atoms with Crippen molar-refractivity contribution in [3.63, 3.8) is 0 Å². The molecule has 0 amide bonds. The number of rotatable bonds is 3. The molecule has 0 saturated carbocycles. The SMILES string of the molecule is O=c1ccn(CCc2nccs2)c(=S)[nH]1. The Labute approximate surface area is 95.2 Å². The van der Waals surface area contributed by atoms with Crippen LogP contribution in [0.3, 0.4) is 0 Å². The maximum absolute atomic E-state index is 10.9. The molecular formula is C9H9N3OS2. The zero-order valence-electron chi connectivity index (χ0n) is 7.84. The molecule has 15 heavy (non-hydrogen) atoms. The third kappa shape index (κ3) is 2.60. The van der Waals surface area contributed by atoms with Crippen LogP contribution in [-0.4, -0.2) is 14.5 Å². The molecule has 0 fully saturated rings. The van der Waals surface area contributed by atoms with Crippen molar-refractivity contribution in [1.82, 2.24) is 14.5 Å². The Morgan fingerprint density at radius 1 is 1.60 bits per heavy atom. The largest absolute Gasteiger partial charge is 0.325 e. The maximum atomic E-state index is 10.9. The van der Waals surface area contributed by atoms with Gasteiger partial charge in [0.05, 0.1) is 5.01 Å². The quantitative estimate of drug-likeness (QED) is 0.828. The number of hydrogen-bond acceptors (Lipinski definition) is 4. The Morgan fingerprint density at radius 3 is 3.13 bits per heavy atom. The number of aryl methyl sites for hydroxylation is 2. The van der Waals surface area contributed by atoms with Crippen molar-refractivity contribution in [2.24, 2.45) is 0 Å². The minimum Gasteiger partial charge on any atom is -0.325 e. The summed E-state index contributed by atoms with van der Waals surface area (Å²) in [6.07, 6.45) is 4.32. The average Bonchev–Trinajstić information content (AvgIpc) is 2.69. The molecule has 0 aliphatic carbocycles. The Hall–Kier alpha value is -1.27. The first kappa shape index (κ1) is 10.3. The number of nitrogens with zero attached hydrogens (tertiary/aromatic N) is 2. The zero-order chi connectivity index (χ0) is 10.7. The van der Waals surface area contributed by atoms with E-state index in [-0.39, 0.29) is 5.56 Å².